The fourth-order valence-corrected chi connectivity index (χ4v) is 4.41. The molecule has 8 nitrogen and oxygen atoms in total. The number of unbranched alkanes of at least 4 members (excludes halogenated alkanes) is 2. The van der Waals surface area contributed by atoms with E-state index in [9.17, 15) is 9.59 Å². The van der Waals surface area contributed by atoms with Crippen molar-refractivity contribution < 1.29 is 38.0 Å². The molecule has 0 spiro atoms. The fourth-order valence-electron chi connectivity index (χ4n) is 4.41. The Labute approximate surface area is 237 Å². The van der Waals surface area contributed by atoms with Crippen LogP contribution in [0.15, 0.2) is 24.3 Å². The van der Waals surface area contributed by atoms with E-state index in [1.165, 1.54) is 13.0 Å². The number of benzene rings is 2. The monoisotopic (exact) mass is 554 g/mol. The number of ether oxygens (including phenoxy) is 6. The van der Waals surface area contributed by atoms with Crippen LogP contribution in [0, 0.1) is 0 Å². The summed E-state index contributed by atoms with van der Waals surface area (Å²) in [6.07, 6.45) is 8.15. The van der Waals surface area contributed by atoms with Gasteiger partial charge in [0, 0.05) is 30.2 Å². The first kappa shape index (κ1) is 30.9. The molecular formula is C32H42O8. The highest BCUT2D eigenvalue weighted by atomic mass is 16.5. The van der Waals surface area contributed by atoms with Crippen LogP contribution in [0.1, 0.15) is 88.2 Å². The molecule has 0 atom stereocenters. The minimum atomic E-state index is -0.544. The minimum absolute atomic E-state index is 0.106. The van der Waals surface area contributed by atoms with Gasteiger partial charge in [-0.15, -0.1) is 0 Å². The Kier molecular flexibility index (Phi) is 10.9. The van der Waals surface area contributed by atoms with Gasteiger partial charge in [0.1, 0.15) is 34.2 Å². The van der Waals surface area contributed by atoms with Crippen LogP contribution in [0.2, 0.25) is 0 Å². The summed E-state index contributed by atoms with van der Waals surface area (Å²) in [4.78, 5) is 25.8. The van der Waals surface area contributed by atoms with Gasteiger partial charge >= 0.3 is 5.97 Å². The van der Waals surface area contributed by atoms with Crippen molar-refractivity contribution in [1.82, 2.24) is 0 Å². The van der Waals surface area contributed by atoms with Crippen LogP contribution < -0.4 is 28.4 Å². The van der Waals surface area contributed by atoms with Gasteiger partial charge in [0.2, 0.25) is 0 Å². The number of hydrogen-bond donors (Lipinski definition) is 0. The maximum atomic E-state index is 13.8. The van der Waals surface area contributed by atoms with E-state index in [4.69, 9.17) is 28.4 Å². The molecule has 3 rings (SSSR count). The maximum absolute atomic E-state index is 13.8. The van der Waals surface area contributed by atoms with Gasteiger partial charge in [-0.3, -0.25) is 9.59 Å². The second-order valence-electron chi connectivity index (χ2n) is 10.4. The highest BCUT2D eigenvalue weighted by Crippen LogP contribution is 2.45. The number of allylic oxidation sites excluding steroid dienone is 1. The molecule has 0 N–H and O–H groups in total. The van der Waals surface area contributed by atoms with Crippen LogP contribution in [-0.2, 0) is 11.2 Å². The van der Waals surface area contributed by atoms with Crippen LogP contribution >= 0.6 is 0 Å². The standard InChI is InChI=1S/C32H42O8/c1-8-10-16-37-28-19-25(35-6)22(18-27(28)36-7)12-13-24(34)30-29(39-21(3)33)20-26-23(14-15-32(4,5)40-26)31(30)38-17-11-9-2/h12-13,18-20H,8-11,14-17H2,1-7H3/b13-12+. The number of carbonyl (C=O) groups is 2. The molecule has 0 amide bonds. The van der Waals surface area contributed by atoms with Gasteiger partial charge in [0.25, 0.3) is 0 Å². The zero-order valence-electron chi connectivity index (χ0n) is 24.8. The largest absolute Gasteiger partial charge is 0.496 e. The first-order valence-electron chi connectivity index (χ1n) is 13.9. The number of esters is 1. The molecule has 1 aliphatic rings. The fraction of sp³-hybridized carbons (Fsp3) is 0.500. The molecule has 0 fully saturated rings. The van der Waals surface area contributed by atoms with E-state index in [0.717, 1.165) is 37.7 Å². The van der Waals surface area contributed by atoms with Gasteiger partial charge in [0.15, 0.2) is 17.3 Å². The zero-order valence-corrected chi connectivity index (χ0v) is 24.8. The quantitative estimate of drug-likeness (QED) is 0.0812. The summed E-state index contributed by atoms with van der Waals surface area (Å²) in [7, 11) is 3.12. The number of methoxy groups -OCH3 is 2. The van der Waals surface area contributed by atoms with Crippen LogP contribution in [-0.4, -0.2) is 44.8 Å². The van der Waals surface area contributed by atoms with Gasteiger partial charge in [-0.05, 0) is 57.7 Å². The Bertz CT molecular complexity index is 1230. The molecule has 8 heteroatoms. The lowest BCUT2D eigenvalue weighted by atomic mass is 9.91. The molecule has 0 saturated heterocycles. The smallest absolute Gasteiger partial charge is 0.308 e. The molecule has 0 aliphatic carbocycles. The number of carbonyl (C=O) groups excluding carboxylic acids is 2. The molecule has 40 heavy (non-hydrogen) atoms. The van der Waals surface area contributed by atoms with Crippen molar-refractivity contribution in [2.24, 2.45) is 0 Å². The highest BCUT2D eigenvalue weighted by Gasteiger charge is 2.33. The lowest BCUT2D eigenvalue weighted by Gasteiger charge is -2.34. The summed E-state index contributed by atoms with van der Waals surface area (Å²) in [5, 5.41) is 0. The van der Waals surface area contributed by atoms with E-state index in [-0.39, 0.29) is 17.1 Å². The van der Waals surface area contributed by atoms with Crippen LogP contribution in [0.4, 0.5) is 0 Å². The van der Waals surface area contributed by atoms with Crippen molar-refractivity contribution in [2.45, 2.75) is 78.7 Å². The lowest BCUT2D eigenvalue weighted by molar-refractivity contribution is -0.131. The molecule has 218 valence electrons. The van der Waals surface area contributed by atoms with E-state index < -0.39 is 11.6 Å². The zero-order chi connectivity index (χ0) is 29.3. The third-order valence-electron chi connectivity index (χ3n) is 6.60. The van der Waals surface area contributed by atoms with E-state index in [1.54, 1.807) is 38.5 Å². The summed E-state index contributed by atoms with van der Waals surface area (Å²) in [5.74, 6) is 1.77. The van der Waals surface area contributed by atoms with E-state index in [0.29, 0.717) is 53.9 Å². The van der Waals surface area contributed by atoms with Gasteiger partial charge in [-0.1, -0.05) is 26.7 Å². The molecule has 0 bridgehead atoms. The maximum Gasteiger partial charge on any atom is 0.308 e. The van der Waals surface area contributed by atoms with Gasteiger partial charge in [-0.2, -0.15) is 0 Å². The Morgan fingerprint density at radius 3 is 2.23 bits per heavy atom. The van der Waals surface area contributed by atoms with Crippen LogP contribution in [0.3, 0.4) is 0 Å². The van der Waals surface area contributed by atoms with Gasteiger partial charge in [0.05, 0.1) is 27.4 Å². The molecule has 2 aromatic carbocycles. The summed E-state index contributed by atoms with van der Waals surface area (Å²) < 4.78 is 34.9. The van der Waals surface area contributed by atoms with Crippen LogP contribution in [0.25, 0.3) is 6.08 Å². The second kappa shape index (κ2) is 14.1. The van der Waals surface area contributed by atoms with Crippen molar-refractivity contribution in [1.29, 1.82) is 0 Å². The Morgan fingerprint density at radius 1 is 0.925 bits per heavy atom. The summed E-state index contributed by atoms with van der Waals surface area (Å²) in [6.45, 7) is 10.4. The first-order valence-corrected chi connectivity index (χ1v) is 13.9. The Hall–Kier alpha value is -3.68. The molecule has 0 aromatic heterocycles. The number of rotatable bonds is 14. The van der Waals surface area contributed by atoms with Gasteiger partial charge < -0.3 is 28.4 Å². The van der Waals surface area contributed by atoms with Crippen molar-refractivity contribution >= 4 is 17.8 Å². The predicted molar refractivity (Wildman–Crippen MR) is 154 cm³/mol. The van der Waals surface area contributed by atoms with E-state index in [2.05, 4.69) is 13.8 Å². The average molecular weight is 555 g/mol. The van der Waals surface area contributed by atoms with Crippen LogP contribution in [0.5, 0.6) is 34.5 Å². The SMILES string of the molecule is CCCCOc1cc(OC)c(/C=C/C(=O)c2c(OC(C)=O)cc3c(c2OCCCC)CCC(C)(C)O3)cc1OC. The summed E-state index contributed by atoms with van der Waals surface area (Å²) in [5.41, 5.74) is 1.22. The molecule has 0 unspecified atom stereocenters. The first-order chi connectivity index (χ1) is 19.1. The summed E-state index contributed by atoms with van der Waals surface area (Å²) in [6, 6.07) is 5.13. The number of ketones is 1. The Balaban J connectivity index is 2.07. The molecule has 1 aliphatic heterocycles. The topological polar surface area (TPSA) is 89.5 Å². The van der Waals surface area contributed by atoms with Crippen molar-refractivity contribution in [3.05, 3.63) is 41.0 Å². The molecule has 2 aromatic rings. The third kappa shape index (κ3) is 7.71. The third-order valence-corrected chi connectivity index (χ3v) is 6.60. The normalized spacial score (nSPS) is 13.8. The van der Waals surface area contributed by atoms with E-state index in [1.807, 2.05) is 13.8 Å². The average Bonchev–Trinajstić information content (AvgIpc) is 2.90. The lowest BCUT2D eigenvalue weighted by Crippen LogP contribution is -2.33. The molecule has 0 radical (unpaired) electrons. The van der Waals surface area contributed by atoms with Gasteiger partial charge in [-0.25, -0.2) is 0 Å². The second-order valence-corrected chi connectivity index (χ2v) is 10.4. The van der Waals surface area contributed by atoms with Crippen molar-refractivity contribution in [3.8, 4) is 34.5 Å². The number of hydrogen-bond acceptors (Lipinski definition) is 8. The Morgan fingerprint density at radius 2 is 1.60 bits per heavy atom. The minimum Gasteiger partial charge on any atom is -0.496 e. The highest BCUT2D eigenvalue weighted by molar-refractivity contribution is 6.11. The van der Waals surface area contributed by atoms with Crippen molar-refractivity contribution in [3.63, 3.8) is 0 Å². The van der Waals surface area contributed by atoms with E-state index >= 15 is 0 Å². The van der Waals surface area contributed by atoms with Crippen molar-refractivity contribution in [2.75, 3.05) is 27.4 Å². The molecular weight excluding hydrogens is 512 g/mol. The number of fused-ring (bicyclic) bond motifs is 1. The molecule has 1 heterocycles. The molecule has 0 saturated carbocycles. The predicted octanol–water partition coefficient (Wildman–Crippen LogP) is 6.99. The summed E-state index contributed by atoms with van der Waals surface area (Å²) >= 11 is 0.